The summed E-state index contributed by atoms with van der Waals surface area (Å²) in [6.07, 6.45) is 7.68. The molecule has 3 N–H and O–H groups in total. The molecule has 1 fully saturated rings. The molecule has 2 rings (SSSR count). The number of benzene rings is 1. The van der Waals surface area contributed by atoms with Crippen LogP contribution in [-0.2, 0) is 6.42 Å². The van der Waals surface area contributed by atoms with Gasteiger partial charge in [0.2, 0.25) is 0 Å². The van der Waals surface area contributed by atoms with Crippen LogP contribution in [0.5, 0.6) is 0 Å². The van der Waals surface area contributed by atoms with Crippen molar-refractivity contribution in [2.45, 2.75) is 57.9 Å². The third-order valence-corrected chi connectivity index (χ3v) is 4.84. The Balaban J connectivity index is 1.96. The topological polar surface area (TPSA) is 38.0 Å². The van der Waals surface area contributed by atoms with Gasteiger partial charge in [-0.3, -0.25) is 11.3 Å². The maximum atomic E-state index is 13.8. The van der Waals surface area contributed by atoms with Crippen molar-refractivity contribution in [3.63, 3.8) is 0 Å². The van der Waals surface area contributed by atoms with Gasteiger partial charge in [-0.05, 0) is 42.7 Å². The van der Waals surface area contributed by atoms with E-state index < -0.39 is 11.6 Å². The highest BCUT2D eigenvalue weighted by Gasteiger charge is 2.27. The van der Waals surface area contributed by atoms with Gasteiger partial charge in [-0.25, -0.2) is 8.78 Å². The van der Waals surface area contributed by atoms with Gasteiger partial charge < -0.3 is 0 Å². The van der Waals surface area contributed by atoms with Crippen LogP contribution >= 0.6 is 0 Å². The second-order valence-corrected chi connectivity index (χ2v) is 6.26. The molecule has 1 aromatic carbocycles. The average Bonchev–Trinajstić information content (AvgIpc) is 2.50. The molecular formula is C17H26F2N2. The number of hydrazine groups is 1. The largest absolute Gasteiger partial charge is 0.271 e. The van der Waals surface area contributed by atoms with E-state index in [1.54, 1.807) is 12.1 Å². The summed E-state index contributed by atoms with van der Waals surface area (Å²) in [6, 6.07) is 4.37. The third-order valence-electron chi connectivity index (χ3n) is 4.84. The van der Waals surface area contributed by atoms with Crippen molar-refractivity contribution in [3.8, 4) is 0 Å². The van der Waals surface area contributed by atoms with Gasteiger partial charge >= 0.3 is 0 Å². The Morgan fingerprint density at radius 3 is 2.57 bits per heavy atom. The second-order valence-electron chi connectivity index (χ2n) is 6.26. The lowest BCUT2D eigenvalue weighted by molar-refractivity contribution is 0.212. The fourth-order valence-corrected chi connectivity index (χ4v) is 3.59. The van der Waals surface area contributed by atoms with Gasteiger partial charge in [-0.2, -0.15) is 0 Å². The highest BCUT2D eigenvalue weighted by atomic mass is 19.2. The van der Waals surface area contributed by atoms with Crippen molar-refractivity contribution in [2.24, 2.45) is 17.7 Å². The van der Waals surface area contributed by atoms with E-state index in [1.165, 1.54) is 25.7 Å². The monoisotopic (exact) mass is 296 g/mol. The number of nitrogens with one attached hydrogen (secondary N) is 1. The number of halogens is 2. The standard InChI is InChI=1S/C17H26F2N2/c1-2-4-12-7-9-13(10-8-12)16(21-20)11-14-5-3-6-15(18)17(14)19/h3,5-6,12-13,16,21H,2,4,7-11,20H2,1H3. The van der Waals surface area contributed by atoms with E-state index in [1.807, 2.05) is 0 Å². The zero-order valence-corrected chi connectivity index (χ0v) is 12.7. The van der Waals surface area contributed by atoms with Gasteiger partial charge in [0.1, 0.15) is 0 Å². The first-order valence-electron chi connectivity index (χ1n) is 8.04. The Labute approximate surface area is 126 Å². The Bertz CT molecular complexity index is 442. The molecule has 4 heteroatoms. The van der Waals surface area contributed by atoms with Gasteiger partial charge in [-0.1, -0.05) is 44.7 Å². The minimum absolute atomic E-state index is 0.0175. The van der Waals surface area contributed by atoms with Crippen LogP contribution in [0.1, 0.15) is 51.0 Å². The lowest BCUT2D eigenvalue weighted by Gasteiger charge is -2.33. The Kier molecular flexibility index (Phi) is 6.12. The molecule has 0 bridgehead atoms. The van der Waals surface area contributed by atoms with Crippen LogP contribution in [0.4, 0.5) is 8.78 Å². The van der Waals surface area contributed by atoms with Gasteiger partial charge in [0, 0.05) is 6.04 Å². The van der Waals surface area contributed by atoms with E-state index in [2.05, 4.69) is 12.3 Å². The molecule has 1 aromatic rings. The molecule has 0 spiro atoms. The predicted molar refractivity (Wildman–Crippen MR) is 81.5 cm³/mol. The summed E-state index contributed by atoms with van der Waals surface area (Å²) in [7, 11) is 0. The van der Waals surface area contributed by atoms with E-state index in [9.17, 15) is 8.78 Å². The lowest BCUT2D eigenvalue weighted by Crippen LogP contribution is -2.43. The number of hydrogen-bond acceptors (Lipinski definition) is 2. The molecule has 1 saturated carbocycles. The van der Waals surface area contributed by atoms with Crippen LogP contribution in [0.25, 0.3) is 0 Å². The molecule has 1 aliphatic carbocycles. The molecule has 0 aromatic heterocycles. The normalized spacial score (nSPS) is 24.0. The maximum absolute atomic E-state index is 13.8. The summed E-state index contributed by atoms with van der Waals surface area (Å²) in [5.41, 5.74) is 3.24. The van der Waals surface area contributed by atoms with E-state index in [0.717, 1.165) is 24.8 Å². The number of hydrogen-bond donors (Lipinski definition) is 2. The zero-order chi connectivity index (χ0) is 15.2. The minimum Gasteiger partial charge on any atom is -0.271 e. The van der Waals surface area contributed by atoms with Gasteiger partial charge in [0.25, 0.3) is 0 Å². The van der Waals surface area contributed by atoms with Crippen LogP contribution in [0.3, 0.4) is 0 Å². The Morgan fingerprint density at radius 2 is 1.95 bits per heavy atom. The first-order chi connectivity index (χ1) is 10.2. The van der Waals surface area contributed by atoms with Gasteiger partial charge in [0.05, 0.1) is 0 Å². The third kappa shape index (κ3) is 4.24. The van der Waals surface area contributed by atoms with Crippen molar-refractivity contribution in [1.82, 2.24) is 5.43 Å². The summed E-state index contributed by atoms with van der Waals surface area (Å²) in [4.78, 5) is 0. The molecule has 1 atom stereocenters. The van der Waals surface area contributed by atoms with Gasteiger partial charge in [0.15, 0.2) is 11.6 Å². The van der Waals surface area contributed by atoms with Crippen molar-refractivity contribution in [1.29, 1.82) is 0 Å². The maximum Gasteiger partial charge on any atom is 0.162 e. The molecule has 0 saturated heterocycles. The molecule has 0 aliphatic heterocycles. The molecular weight excluding hydrogens is 270 g/mol. The Morgan fingerprint density at radius 1 is 1.24 bits per heavy atom. The fourth-order valence-electron chi connectivity index (χ4n) is 3.59. The average molecular weight is 296 g/mol. The van der Waals surface area contributed by atoms with Crippen LogP contribution in [0.15, 0.2) is 18.2 Å². The van der Waals surface area contributed by atoms with Crippen LogP contribution in [-0.4, -0.2) is 6.04 Å². The lowest BCUT2D eigenvalue weighted by atomic mass is 9.76. The summed E-state index contributed by atoms with van der Waals surface area (Å²) >= 11 is 0. The molecule has 0 heterocycles. The van der Waals surface area contributed by atoms with Crippen LogP contribution in [0, 0.1) is 23.5 Å². The van der Waals surface area contributed by atoms with Crippen LogP contribution in [0.2, 0.25) is 0 Å². The molecule has 1 unspecified atom stereocenters. The predicted octanol–water partition coefficient (Wildman–Crippen LogP) is 3.95. The zero-order valence-electron chi connectivity index (χ0n) is 12.7. The highest BCUT2D eigenvalue weighted by molar-refractivity contribution is 5.20. The molecule has 21 heavy (non-hydrogen) atoms. The minimum atomic E-state index is -0.782. The molecule has 0 radical (unpaired) electrons. The number of rotatable bonds is 6. The highest BCUT2D eigenvalue weighted by Crippen LogP contribution is 2.34. The van der Waals surface area contributed by atoms with E-state index in [4.69, 9.17) is 5.84 Å². The molecule has 2 nitrogen and oxygen atoms in total. The smallest absolute Gasteiger partial charge is 0.162 e. The molecule has 118 valence electrons. The second kappa shape index (κ2) is 7.85. The Hall–Kier alpha value is -1.00. The summed E-state index contributed by atoms with van der Waals surface area (Å²) in [6.45, 7) is 2.23. The van der Waals surface area contributed by atoms with E-state index in [0.29, 0.717) is 17.9 Å². The summed E-state index contributed by atoms with van der Waals surface area (Å²) in [5.74, 6) is 5.42. The summed E-state index contributed by atoms with van der Waals surface area (Å²) in [5, 5.41) is 0. The van der Waals surface area contributed by atoms with Crippen LogP contribution < -0.4 is 11.3 Å². The molecule has 0 amide bonds. The van der Waals surface area contributed by atoms with E-state index in [-0.39, 0.29) is 6.04 Å². The van der Waals surface area contributed by atoms with Crippen molar-refractivity contribution < 1.29 is 8.78 Å². The van der Waals surface area contributed by atoms with Crippen molar-refractivity contribution >= 4 is 0 Å². The van der Waals surface area contributed by atoms with Crippen molar-refractivity contribution in [3.05, 3.63) is 35.4 Å². The van der Waals surface area contributed by atoms with Crippen molar-refractivity contribution in [2.75, 3.05) is 0 Å². The quantitative estimate of drug-likeness (QED) is 0.616. The fraction of sp³-hybridized carbons (Fsp3) is 0.647. The molecule has 1 aliphatic rings. The SMILES string of the molecule is CCCC1CCC(C(Cc2cccc(F)c2F)NN)CC1. The first-order valence-corrected chi connectivity index (χ1v) is 8.04. The number of nitrogens with two attached hydrogens (primary N) is 1. The summed E-state index contributed by atoms with van der Waals surface area (Å²) < 4.78 is 27.1. The first kappa shape index (κ1) is 16.4. The van der Waals surface area contributed by atoms with E-state index >= 15 is 0 Å². The van der Waals surface area contributed by atoms with Gasteiger partial charge in [-0.15, -0.1) is 0 Å².